The third-order valence-electron chi connectivity index (χ3n) is 5.03. The normalized spacial score (nSPS) is 14.9. The molecule has 1 saturated carbocycles. The van der Waals surface area contributed by atoms with Crippen LogP contribution in [0.25, 0.3) is 10.9 Å². The summed E-state index contributed by atoms with van der Waals surface area (Å²) in [6, 6.07) is 15.5. The van der Waals surface area contributed by atoms with Crippen molar-refractivity contribution < 1.29 is 4.79 Å². The van der Waals surface area contributed by atoms with Gasteiger partial charge in [0.05, 0.1) is 11.3 Å². The summed E-state index contributed by atoms with van der Waals surface area (Å²) in [6.45, 7) is 0. The Balaban J connectivity index is 1.53. The van der Waals surface area contributed by atoms with Crippen LogP contribution in [0.15, 0.2) is 53.7 Å². The van der Waals surface area contributed by atoms with Crippen LogP contribution in [-0.4, -0.2) is 27.5 Å². The molecular weight excluding hydrogens is 390 g/mol. The Morgan fingerprint density at radius 1 is 1.04 bits per heavy atom. The lowest BCUT2D eigenvalue weighted by Gasteiger charge is -2.24. The SMILES string of the molecule is O=C(CSc1nc(NC2CCCCC2)c2ccccc2n1)c1ccc(Cl)cc1. The number of halogens is 1. The molecule has 0 radical (unpaired) electrons. The smallest absolute Gasteiger partial charge is 0.190 e. The molecule has 2 aromatic carbocycles. The summed E-state index contributed by atoms with van der Waals surface area (Å²) in [7, 11) is 0. The Hall–Kier alpha value is -2.11. The molecule has 144 valence electrons. The van der Waals surface area contributed by atoms with Gasteiger partial charge in [0.25, 0.3) is 0 Å². The predicted molar refractivity (Wildman–Crippen MR) is 117 cm³/mol. The van der Waals surface area contributed by atoms with Crippen LogP contribution in [-0.2, 0) is 0 Å². The Bertz CT molecular complexity index is 971. The molecular formula is C22H22ClN3OS. The highest BCUT2D eigenvalue weighted by Gasteiger charge is 2.17. The van der Waals surface area contributed by atoms with Gasteiger partial charge >= 0.3 is 0 Å². The van der Waals surface area contributed by atoms with Crippen molar-refractivity contribution in [2.75, 3.05) is 11.1 Å². The van der Waals surface area contributed by atoms with E-state index in [1.165, 1.54) is 43.9 Å². The molecule has 0 aliphatic heterocycles. The number of benzene rings is 2. The number of rotatable bonds is 6. The molecule has 1 aliphatic carbocycles. The van der Waals surface area contributed by atoms with Gasteiger partial charge in [0.15, 0.2) is 10.9 Å². The third kappa shape index (κ3) is 4.65. The molecule has 1 N–H and O–H groups in total. The summed E-state index contributed by atoms with van der Waals surface area (Å²) in [5.74, 6) is 1.21. The van der Waals surface area contributed by atoms with Gasteiger partial charge in [-0.3, -0.25) is 4.79 Å². The number of hydrogen-bond acceptors (Lipinski definition) is 5. The number of aromatic nitrogens is 2. The maximum Gasteiger partial charge on any atom is 0.190 e. The van der Waals surface area contributed by atoms with Crippen LogP contribution >= 0.6 is 23.4 Å². The molecule has 3 aromatic rings. The van der Waals surface area contributed by atoms with Gasteiger partial charge in [-0.25, -0.2) is 9.97 Å². The number of fused-ring (bicyclic) bond motifs is 1. The van der Waals surface area contributed by atoms with Gasteiger partial charge in [0, 0.05) is 22.0 Å². The van der Waals surface area contributed by atoms with Crippen LogP contribution in [0, 0.1) is 0 Å². The van der Waals surface area contributed by atoms with E-state index < -0.39 is 0 Å². The van der Waals surface area contributed by atoms with Gasteiger partial charge in [-0.15, -0.1) is 0 Å². The average molecular weight is 412 g/mol. The Labute approximate surface area is 174 Å². The Kier molecular flexibility index (Phi) is 6.13. The zero-order valence-electron chi connectivity index (χ0n) is 15.5. The summed E-state index contributed by atoms with van der Waals surface area (Å²) in [6.07, 6.45) is 6.19. The Morgan fingerprint density at radius 2 is 1.79 bits per heavy atom. The molecule has 1 aliphatic rings. The minimum absolute atomic E-state index is 0.0419. The largest absolute Gasteiger partial charge is 0.367 e. The van der Waals surface area contributed by atoms with Gasteiger partial charge in [-0.1, -0.05) is 54.8 Å². The molecule has 4 nitrogen and oxygen atoms in total. The second-order valence-electron chi connectivity index (χ2n) is 7.07. The Morgan fingerprint density at radius 3 is 2.57 bits per heavy atom. The minimum atomic E-state index is 0.0419. The van der Waals surface area contributed by atoms with E-state index >= 15 is 0 Å². The van der Waals surface area contributed by atoms with E-state index in [0.29, 0.717) is 27.5 Å². The van der Waals surface area contributed by atoms with Crippen LogP contribution in [0.5, 0.6) is 0 Å². The first-order chi connectivity index (χ1) is 13.7. The van der Waals surface area contributed by atoms with Gasteiger partial charge < -0.3 is 5.32 Å². The summed E-state index contributed by atoms with van der Waals surface area (Å²) < 4.78 is 0. The summed E-state index contributed by atoms with van der Waals surface area (Å²) in [5, 5.41) is 5.90. The van der Waals surface area contributed by atoms with E-state index in [9.17, 15) is 4.79 Å². The monoisotopic (exact) mass is 411 g/mol. The van der Waals surface area contributed by atoms with Crippen molar-refractivity contribution in [2.24, 2.45) is 0 Å². The van der Waals surface area contributed by atoms with Crippen LogP contribution in [0.2, 0.25) is 5.02 Å². The lowest BCUT2D eigenvalue weighted by Crippen LogP contribution is -2.23. The molecule has 6 heteroatoms. The fourth-order valence-electron chi connectivity index (χ4n) is 3.52. The van der Waals surface area contributed by atoms with Gasteiger partial charge in [0.1, 0.15) is 5.82 Å². The van der Waals surface area contributed by atoms with Crippen LogP contribution in [0.1, 0.15) is 42.5 Å². The molecule has 0 spiro atoms. The number of ketones is 1. The lowest BCUT2D eigenvalue weighted by molar-refractivity contribution is 0.102. The number of para-hydroxylation sites is 1. The van der Waals surface area contributed by atoms with E-state index in [2.05, 4.69) is 10.3 Å². The van der Waals surface area contributed by atoms with E-state index in [1.54, 1.807) is 24.3 Å². The number of nitrogens with zero attached hydrogens (tertiary/aromatic N) is 2. The highest BCUT2D eigenvalue weighted by Crippen LogP contribution is 2.28. The molecule has 0 unspecified atom stereocenters. The number of anilines is 1. The van der Waals surface area contributed by atoms with Crippen molar-refractivity contribution in [3.05, 3.63) is 59.1 Å². The fourth-order valence-corrected chi connectivity index (χ4v) is 4.39. The van der Waals surface area contributed by atoms with E-state index in [-0.39, 0.29) is 5.78 Å². The van der Waals surface area contributed by atoms with E-state index in [0.717, 1.165) is 16.7 Å². The number of nitrogens with one attached hydrogen (secondary N) is 1. The van der Waals surface area contributed by atoms with Crippen LogP contribution in [0.4, 0.5) is 5.82 Å². The average Bonchev–Trinajstić information content (AvgIpc) is 2.73. The van der Waals surface area contributed by atoms with Crippen molar-refractivity contribution in [1.82, 2.24) is 9.97 Å². The minimum Gasteiger partial charge on any atom is -0.367 e. The fraction of sp³-hybridized carbons (Fsp3) is 0.318. The molecule has 0 saturated heterocycles. The first-order valence-electron chi connectivity index (χ1n) is 9.64. The number of carbonyl (C=O) groups is 1. The topological polar surface area (TPSA) is 54.9 Å². The molecule has 28 heavy (non-hydrogen) atoms. The highest BCUT2D eigenvalue weighted by atomic mass is 35.5. The van der Waals surface area contributed by atoms with E-state index in [4.69, 9.17) is 16.6 Å². The molecule has 1 fully saturated rings. The van der Waals surface area contributed by atoms with Crippen molar-refractivity contribution in [1.29, 1.82) is 0 Å². The lowest BCUT2D eigenvalue weighted by atomic mass is 9.95. The zero-order valence-corrected chi connectivity index (χ0v) is 17.1. The second-order valence-corrected chi connectivity index (χ2v) is 8.45. The first-order valence-corrected chi connectivity index (χ1v) is 11.0. The second kappa shape index (κ2) is 8.93. The van der Waals surface area contributed by atoms with Crippen molar-refractivity contribution in [2.45, 2.75) is 43.3 Å². The predicted octanol–water partition coefficient (Wildman–Crippen LogP) is 6.00. The van der Waals surface area contributed by atoms with Gasteiger partial charge in [-0.2, -0.15) is 0 Å². The molecule has 1 aromatic heterocycles. The van der Waals surface area contributed by atoms with Gasteiger partial charge in [0.2, 0.25) is 0 Å². The number of thioether (sulfide) groups is 1. The van der Waals surface area contributed by atoms with Crippen molar-refractivity contribution in [3.8, 4) is 0 Å². The third-order valence-corrected chi connectivity index (χ3v) is 6.13. The maximum atomic E-state index is 12.5. The summed E-state index contributed by atoms with van der Waals surface area (Å²) >= 11 is 7.27. The highest BCUT2D eigenvalue weighted by molar-refractivity contribution is 7.99. The standard InChI is InChI=1S/C22H22ClN3OS/c23-16-12-10-15(11-13-16)20(27)14-28-22-25-19-9-5-4-8-18(19)21(26-22)24-17-6-2-1-3-7-17/h4-5,8-13,17H,1-3,6-7,14H2,(H,24,25,26). The maximum absolute atomic E-state index is 12.5. The van der Waals surface area contributed by atoms with Gasteiger partial charge in [-0.05, 0) is 49.2 Å². The number of carbonyl (C=O) groups excluding carboxylic acids is 1. The quantitative estimate of drug-likeness (QED) is 0.306. The number of hydrogen-bond donors (Lipinski definition) is 1. The van der Waals surface area contributed by atoms with Crippen LogP contribution in [0.3, 0.4) is 0 Å². The molecule has 0 bridgehead atoms. The molecule has 0 amide bonds. The number of Topliss-reactive ketones (excluding diaryl/α,β-unsaturated/α-hetero) is 1. The van der Waals surface area contributed by atoms with Crippen LogP contribution < -0.4 is 5.32 Å². The zero-order chi connectivity index (χ0) is 19.3. The molecule has 0 atom stereocenters. The summed E-state index contributed by atoms with van der Waals surface area (Å²) in [4.78, 5) is 21.8. The molecule has 1 heterocycles. The van der Waals surface area contributed by atoms with Crippen molar-refractivity contribution >= 4 is 45.9 Å². The van der Waals surface area contributed by atoms with E-state index in [1.807, 2.05) is 24.3 Å². The first kappa shape index (κ1) is 19.2. The van der Waals surface area contributed by atoms with Crippen molar-refractivity contribution in [3.63, 3.8) is 0 Å². The summed E-state index contributed by atoms with van der Waals surface area (Å²) in [5.41, 5.74) is 1.55. The molecule has 4 rings (SSSR count).